The minimum Gasteiger partial charge on any atom is -0.496 e. The van der Waals surface area contributed by atoms with Crippen LogP contribution in [0.25, 0.3) is 11.4 Å². The van der Waals surface area contributed by atoms with E-state index >= 15 is 0 Å². The average Bonchev–Trinajstić information content (AvgIpc) is 3.29. The van der Waals surface area contributed by atoms with Crippen molar-refractivity contribution in [2.75, 3.05) is 7.11 Å². The van der Waals surface area contributed by atoms with Gasteiger partial charge in [-0.3, -0.25) is 0 Å². The summed E-state index contributed by atoms with van der Waals surface area (Å²) in [5.41, 5.74) is 4.99. The molecule has 0 bridgehead atoms. The summed E-state index contributed by atoms with van der Waals surface area (Å²) in [7, 11) is 3.10. The SMILES string of the molecule is CCc1c(C)nn(-c2ccc(OCc3c(OC)cccc3-n3nnn(C)c3=O)c(Cl)c2)c1C. The Hall–Kier alpha value is -3.59. The van der Waals surface area contributed by atoms with Crippen molar-refractivity contribution in [1.82, 2.24) is 29.6 Å². The van der Waals surface area contributed by atoms with Crippen LogP contribution in [0.5, 0.6) is 11.5 Å². The van der Waals surface area contributed by atoms with Crippen LogP contribution in [0.3, 0.4) is 0 Å². The van der Waals surface area contributed by atoms with E-state index in [0.717, 1.165) is 28.2 Å². The molecule has 0 N–H and O–H groups in total. The quantitative estimate of drug-likeness (QED) is 0.412. The van der Waals surface area contributed by atoms with Gasteiger partial charge in [0.15, 0.2) is 0 Å². The number of tetrazole rings is 1. The molecule has 0 spiro atoms. The molecule has 4 rings (SSSR count). The maximum absolute atomic E-state index is 12.4. The van der Waals surface area contributed by atoms with Crippen molar-refractivity contribution in [2.45, 2.75) is 33.8 Å². The summed E-state index contributed by atoms with van der Waals surface area (Å²) >= 11 is 6.56. The van der Waals surface area contributed by atoms with E-state index in [9.17, 15) is 4.79 Å². The minimum atomic E-state index is -0.372. The second-order valence-electron chi connectivity index (χ2n) is 7.57. The van der Waals surface area contributed by atoms with Crippen LogP contribution >= 0.6 is 11.6 Å². The van der Waals surface area contributed by atoms with Crippen LogP contribution in [0, 0.1) is 13.8 Å². The normalized spacial score (nSPS) is 11.1. The predicted molar refractivity (Wildman–Crippen MR) is 125 cm³/mol. The lowest BCUT2D eigenvalue weighted by molar-refractivity contribution is 0.296. The van der Waals surface area contributed by atoms with Crippen LogP contribution < -0.4 is 15.2 Å². The van der Waals surface area contributed by atoms with Gasteiger partial charge in [-0.05, 0) is 66.6 Å². The smallest absolute Gasteiger partial charge is 0.368 e. The van der Waals surface area contributed by atoms with Crippen molar-refractivity contribution in [1.29, 1.82) is 0 Å². The van der Waals surface area contributed by atoms with Crippen molar-refractivity contribution in [3.05, 3.63) is 74.4 Å². The summed E-state index contributed by atoms with van der Waals surface area (Å²) in [5.74, 6) is 1.06. The summed E-state index contributed by atoms with van der Waals surface area (Å²) < 4.78 is 15.8. The largest absolute Gasteiger partial charge is 0.496 e. The number of halogens is 1. The summed E-state index contributed by atoms with van der Waals surface area (Å²) in [5, 5.41) is 12.8. The average molecular weight is 469 g/mol. The van der Waals surface area contributed by atoms with Gasteiger partial charge >= 0.3 is 5.69 Å². The molecule has 0 atom stereocenters. The number of nitrogens with zero attached hydrogens (tertiary/aromatic N) is 6. The van der Waals surface area contributed by atoms with E-state index in [1.54, 1.807) is 25.3 Å². The van der Waals surface area contributed by atoms with E-state index in [4.69, 9.17) is 21.1 Å². The zero-order chi connectivity index (χ0) is 23.7. The van der Waals surface area contributed by atoms with Crippen LogP contribution in [-0.4, -0.2) is 36.7 Å². The minimum absolute atomic E-state index is 0.112. The molecule has 0 amide bonds. The maximum Gasteiger partial charge on any atom is 0.368 e. The highest BCUT2D eigenvalue weighted by atomic mass is 35.5. The molecule has 4 aromatic rings. The zero-order valence-corrected chi connectivity index (χ0v) is 19.9. The Bertz CT molecular complexity index is 1370. The van der Waals surface area contributed by atoms with Gasteiger partial charge in [0, 0.05) is 12.7 Å². The molecule has 0 saturated carbocycles. The van der Waals surface area contributed by atoms with Gasteiger partial charge in [-0.2, -0.15) is 14.5 Å². The second kappa shape index (κ2) is 9.11. The molecule has 0 aliphatic carbocycles. The number of rotatable bonds is 7. The molecule has 33 heavy (non-hydrogen) atoms. The molecule has 0 radical (unpaired) electrons. The van der Waals surface area contributed by atoms with Gasteiger partial charge in [0.1, 0.15) is 18.1 Å². The fourth-order valence-corrected chi connectivity index (χ4v) is 4.11. The first kappa shape index (κ1) is 22.6. The highest BCUT2D eigenvalue weighted by molar-refractivity contribution is 6.32. The fraction of sp³-hybridized carbons (Fsp3) is 0.304. The lowest BCUT2D eigenvalue weighted by atomic mass is 10.1. The third-order valence-corrected chi connectivity index (χ3v) is 5.90. The van der Waals surface area contributed by atoms with Gasteiger partial charge in [-0.25, -0.2) is 9.48 Å². The molecule has 0 saturated heterocycles. The van der Waals surface area contributed by atoms with Crippen molar-refractivity contribution >= 4 is 11.6 Å². The molecule has 2 aromatic heterocycles. The lowest BCUT2D eigenvalue weighted by Gasteiger charge is -2.15. The number of ether oxygens (including phenoxy) is 2. The van der Waals surface area contributed by atoms with Crippen molar-refractivity contribution < 1.29 is 9.47 Å². The lowest BCUT2D eigenvalue weighted by Crippen LogP contribution is -2.23. The monoisotopic (exact) mass is 468 g/mol. The van der Waals surface area contributed by atoms with Gasteiger partial charge < -0.3 is 9.47 Å². The number of methoxy groups -OCH3 is 1. The second-order valence-corrected chi connectivity index (χ2v) is 7.98. The molecular formula is C23H25ClN6O3. The molecule has 0 fully saturated rings. The first-order chi connectivity index (χ1) is 15.8. The number of aryl methyl sites for hydroxylation is 2. The molecule has 9 nitrogen and oxygen atoms in total. The fourth-order valence-electron chi connectivity index (χ4n) is 3.88. The Morgan fingerprint density at radius 2 is 1.82 bits per heavy atom. The van der Waals surface area contributed by atoms with Crippen LogP contribution in [0.1, 0.15) is 29.4 Å². The van der Waals surface area contributed by atoms with Gasteiger partial charge in [-0.15, -0.1) is 0 Å². The molecule has 172 valence electrons. The topological polar surface area (TPSA) is 89.0 Å². The highest BCUT2D eigenvalue weighted by Gasteiger charge is 2.17. The van der Waals surface area contributed by atoms with Crippen molar-refractivity contribution in [3.63, 3.8) is 0 Å². The van der Waals surface area contributed by atoms with Gasteiger partial charge in [-0.1, -0.05) is 24.6 Å². The van der Waals surface area contributed by atoms with Crippen molar-refractivity contribution in [3.8, 4) is 22.9 Å². The van der Waals surface area contributed by atoms with Crippen LogP contribution in [0.4, 0.5) is 0 Å². The molecule has 0 unspecified atom stereocenters. The third-order valence-electron chi connectivity index (χ3n) is 5.60. The van der Waals surface area contributed by atoms with Crippen LogP contribution in [0.2, 0.25) is 5.02 Å². The van der Waals surface area contributed by atoms with Crippen molar-refractivity contribution in [2.24, 2.45) is 7.05 Å². The van der Waals surface area contributed by atoms with E-state index < -0.39 is 0 Å². The van der Waals surface area contributed by atoms with Gasteiger partial charge in [0.2, 0.25) is 0 Å². The highest BCUT2D eigenvalue weighted by Crippen LogP contribution is 2.31. The molecule has 0 aliphatic heterocycles. The number of aromatic nitrogens is 6. The Balaban J connectivity index is 1.64. The summed E-state index contributed by atoms with van der Waals surface area (Å²) in [4.78, 5) is 12.4. The molecule has 0 aliphatic rings. The molecular weight excluding hydrogens is 444 g/mol. The number of benzene rings is 2. The Morgan fingerprint density at radius 1 is 1.03 bits per heavy atom. The molecule has 2 heterocycles. The Kier molecular flexibility index (Phi) is 6.24. The van der Waals surface area contributed by atoms with Crippen LogP contribution in [0.15, 0.2) is 41.2 Å². The van der Waals surface area contributed by atoms with E-state index in [0.29, 0.717) is 27.8 Å². The molecule has 2 aromatic carbocycles. The zero-order valence-electron chi connectivity index (χ0n) is 19.2. The predicted octanol–water partition coefficient (Wildman–Crippen LogP) is 3.57. The molecule has 10 heteroatoms. The summed E-state index contributed by atoms with van der Waals surface area (Å²) in [6.45, 7) is 6.29. The third kappa shape index (κ3) is 4.11. The standard InChI is InChI=1S/C23H25ClN6O3/c1-6-17-14(2)25-29(15(17)3)16-10-11-22(19(24)12-16)33-13-18-20(8-7-9-21(18)32-5)30-23(31)28(4)26-27-30/h7-12H,6,13H2,1-5H3. The summed E-state index contributed by atoms with van der Waals surface area (Å²) in [6.07, 6.45) is 0.919. The number of hydrogen-bond acceptors (Lipinski definition) is 6. The van der Waals surface area contributed by atoms with Gasteiger partial charge in [0.05, 0.1) is 34.8 Å². The first-order valence-electron chi connectivity index (χ1n) is 10.5. The summed E-state index contributed by atoms with van der Waals surface area (Å²) in [6, 6.07) is 10.9. The first-order valence-corrected chi connectivity index (χ1v) is 10.9. The van der Waals surface area contributed by atoms with E-state index in [2.05, 4.69) is 29.4 Å². The Morgan fingerprint density at radius 3 is 2.42 bits per heavy atom. The van der Waals surface area contributed by atoms with E-state index in [1.807, 2.05) is 29.8 Å². The van der Waals surface area contributed by atoms with Crippen LogP contribution in [-0.2, 0) is 20.1 Å². The maximum atomic E-state index is 12.4. The van der Waals surface area contributed by atoms with E-state index in [1.165, 1.54) is 17.3 Å². The van der Waals surface area contributed by atoms with E-state index in [-0.39, 0.29) is 12.3 Å². The van der Waals surface area contributed by atoms with Gasteiger partial charge in [0.25, 0.3) is 0 Å². The number of hydrogen-bond donors (Lipinski definition) is 0. The Labute approximate surface area is 196 Å².